The van der Waals surface area contributed by atoms with E-state index >= 15 is 0 Å². The fraction of sp³-hybridized carbons (Fsp3) is 0.174. The molecule has 0 spiro atoms. The monoisotopic (exact) mass is 456 g/mol. The van der Waals surface area contributed by atoms with Crippen LogP contribution in [0, 0.1) is 0 Å². The zero-order chi connectivity index (χ0) is 22.0. The Bertz CT molecular complexity index is 1270. The predicted octanol–water partition coefficient (Wildman–Crippen LogP) is 4.55. The molecule has 8 heteroatoms. The standard InChI is InChI=1S/C23H21ClN2O4S/c1-29-19-8-9-21(30-2)22(14-19)31(27,28)26-18-5-3-4-16(12-18)23-20-13-17(24)7-6-15(20)10-11-25-23/h3-9,12-14,26H,10-11H2,1-2H3. The van der Waals surface area contributed by atoms with Crippen molar-refractivity contribution in [1.29, 1.82) is 0 Å². The minimum Gasteiger partial charge on any atom is -0.497 e. The summed E-state index contributed by atoms with van der Waals surface area (Å²) in [4.78, 5) is 4.66. The normalized spacial score (nSPS) is 13.2. The molecule has 0 radical (unpaired) electrons. The van der Waals surface area contributed by atoms with Crippen LogP contribution in [0.3, 0.4) is 0 Å². The van der Waals surface area contributed by atoms with Gasteiger partial charge in [0.05, 0.1) is 19.9 Å². The van der Waals surface area contributed by atoms with Crippen LogP contribution >= 0.6 is 11.6 Å². The number of nitrogens with zero attached hydrogens (tertiary/aromatic N) is 1. The quantitative estimate of drug-likeness (QED) is 0.590. The lowest BCUT2D eigenvalue weighted by atomic mass is 9.93. The Morgan fingerprint density at radius 1 is 1.00 bits per heavy atom. The first-order valence-electron chi connectivity index (χ1n) is 9.60. The van der Waals surface area contributed by atoms with Crippen molar-refractivity contribution in [2.45, 2.75) is 11.3 Å². The van der Waals surface area contributed by atoms with E-state index in [1.54, 1.807) is 30.3 Å². The van der Waals surface area contributed by atoms with Crippen LogP contribution in [0.5, 0.6) is 11.5 Å². The van der Waals surface area contributed by atoms with Gasteiger partial charge in [-0.2, -0.15) is 0 Å². The van der Waals surface area contributed by atoms with Gasteiger partial charge in [-0.25, -0.2) is 8.42 Å². The fourth-order valence-corrected chi connectivity index (χ4v) is 4.95. The second-order valence-electron chi connectivity index (χ2n) is 6.98. The number of fused-ring (bicyclic) bond motifs is 1. The number of rotatable bonds is 6. The van der Waals surface area contributed by atoms with Crippen molar-refractivity contribution in [2.24, 2.45) is 4.99 Å². The number of benzene rings is 3. The molecule has 0 unspecified atom stereocenters. The molecule has 0 fully saturated rings. The van der Waals surface area contributed by atoms with E-state index in [0.29, 0.717) is 23.0 Å². The van der Waals surface area contributed by atoms with Crippen LogP contribution in [0.4, 0.5) is 5.69 Å². The van der Waals surface area contributed by atoms with Gasteiger partial charge in [0, 0.05) is 34.4 Å². The molecule has 0 saturated heterocycles. The topological polar surface area (TPSA) is 77.0 Å². The number of sulfonamides is 1. The third-order valence-electron chi connectivity index (χ3n) is 5.03. The summed E-state index contributed by atoms with van der Waals surface area (Å²) in [5, 5.41) is 0.635. The molecule has 0 atom stereocenters. The molecule has 3 aromatic carbocycles. The summed E-state index contributed by atoms with van der Waals surface area (Å²) in [6, 6.07) is 17.5. The van der Waals surface area contributed by atoms with Gasteiger partial charge >= 0.3 is 0 Å². The minimum atomic E-state index is -3.92. The van der Waals surface area contributed by atoms with E-state index in [1.165, 1.54) is 25.8 Å². The molecule has 0 bridgehead atoms. The summed E-state index contributed by atoms with van der Waals surface area (Å²) in [5.41, 5.74) is 4.15. The zero-order valence-corrected chi connectivity index (χ0v) is 18.6. The van der Waals surface area contributed by atoms with Crippen molar-refractivity contribution < 1.29 is 17.9 Å². The highest BCUT2D eigenvalue weighted by Gasteiger charge is 2.22. The number of nitrogens with one attached hydrogen (secondary N) is 1. The number of hydrogen-bond acceptors (Lipinski definition) is 5. The number of hydrogen-bond donors (Lipinski definition) is 1. The third kappa shape index (κ3) is 4.38. The van der Waals surface area contributed by atoms with Crippen molar-refractivity contribution in [1.82, 2.24) is 0 Å². The first-order valence-corrected chi connectivity index (χ1v) is 11.5. The van der Waals surface area contributed by atoms with E-state index in [-0.39, 0.29) is 10.6 Å². The lowest BCUT2D eigenvalue weighted by Gasteiger charge is -2.18. The number of ether oxygens (including phenoxy) is 2. The van der Waals surface area contributed by atoms with Gasteiger partial charge in [0.25, 0.3) is 10.0 Å². The van der Waals surface area contributed by atoms with Gasteiger partial charge in [0.2, 0.25) is 0 Å². The highest BCUT2D eigenvalue weighted by Crippen LogP contribution is 2.30. The Morgan fingerprint density at radius 2 is 1.84 bits per heavy atom. The Morgan fingerprint density at radius 3 is 2.61 bits per heavy atom. The predicted molar refractivity (Wildman–Crippen MR) is 122 cm³/mol. The number of halogens is 1. The van der Waals surface area contributed by atoms with Gasteiger partial charge in [-0.15, -0.1) is 0 Å². The Hall–Kier alpha value is -3.03. The molecule has 1 aliphatic heterocycles. The largest absolute Gasteiger partial charge is 0.497 e. The average molecular weight is 457 g/mol. The molecule has 3 aromatic rings. The Balaban J connectivity index is 1.69. The SMILES string of the molecule is COc1ccc(OC)c(S(=O)(=O)Nc2cccc(C3=NCCc4ccc(Cl)cc43)c2)c1. The molecule has 0 aliphatic carbocycles. The minimum absolute atomic E-state index is 0.00751. The molecule has 1 heterocycles. The van der Waals surface area contributed by atoms with E-state index in [1.807, 2.05) is 24.3 Å². The van der Waals surface area contributed by atoms with Crippen LogP contribution < -0.4 is 14.2 Å². The number of aliphatic imine (C=N–C) groups is 1. The highest BCUT2D eigenvalue weighted by atomic mass is 35.5. The van der Waals surface area contributed by atoms with Crippen molar-refractivity contribution in [3.8, 4) is 11.5 Å². The van der Waals surface area contributed by atoms with Crippen LogP contribution in [0.25, 0.3) is 0 Å². The van der Waals surface area contributed by atoms with Gasteiger partial charge in [0.1, 0.15) is 16.4 Å². The number of methoxy groups -OCH3 is 2. The molecular weight excluding hydrogens is 436 g/mol. The molecule has 4 rings (SSSR count). The summed E-state index contributed by atoms with van der Waals surface area (Å²) in [6.45, 7) is 0.668. The molecule has 6 nitrogen and oxygen atoms in total. The van der Waals surface area contributed by atoms with Crippen LogP contribution in [0.2, 0.25) is 5.02 Å². The van der Waals surface area contributed by atoms with Gasteiger partial charge < -0.3 is 9.47 Å². The summed E-state index contributed by atoms with van der Waals surface area (Å²) < 4.78 is 39.2. The van der Waals surface area contributed by atoms with E-state index < -0.39 is 10.0 Å². The maximum absolute atomic E-state index is 13.1. The summed E-state index contributed by atoms with van der Waals surface area (Å²) in [5.74, 6) is 0.643. The Labute approximate surface area is 186 Å². The van der Waals surface area contributed by atoms with Crippen LogP contribution in [-0.2, 0) is 16.4 Å². The summed E-state index contributed by atoms with van der Waals surface area (Å²) in [6.07, 6.45) is 0.845. The highest BCUT2D eigenvalue weighted by molar-refractivity contribution is 7.92. The van der Waals surface area contributed by atoms with Crippen molar-refractivity contribution >= 4 is 33.0 Å². The fourth-order valence-electron chi connectivity index (χ4n) is 3.54. The second-order valence-corrected chi connectivity index (χ2v) is 9.07. The van der Waals surface area contributed by atoms with E-state index in [4.69, 9.17) is 21.1 Å². The van der Waals surface area contributed by atoms with E-state index in [2.05, 4.69) is 9.71 Å². The first kappa shape index (κ1) is 21.2. The molecule has 1 N–H and O–H groups in total. The van der Waals surface area contributed by atoms with Gasteiger partial charge in [0.15, 0.2) is 0 Å². The van der Waals surface area contributed by atoms with Gasteiger partial charge in [-0.05, 0) is 48.4 Å². The molecule has 0 saturated carbocycles. The molecule has 0 aromatic heterocycles. The lowest BCUT2D eigenvalue weighted by Crippen LogP contribution is -2.16. The molecule has 1 aliphatic rings. The average Bonchev–Trinajstić information content (AvgIpc) is 2.78. The van der Waals surface area contributed by atoms with E-state index in [0.717, 1.165) is 23.3 Å². The van der Waals surface area contributed by atoms with Gasteiger partial charge in [-0.1, -0.05) is 29.8 Å². The van der Waals surface area contributed by atoms with Gasteiger partial charge in [-0.3, -0.25) is 9.71 Å². The molecule has 160 valence electrons. The van der Waals surface area contributed by atoms with Crippen LogP contribution in [0.15, 0.2) is 70.6 Å². The van der Waals surface area contributed by atoms with Crippen molar-refractivity contribution in [3.63, 3.8) is 0 Å². The Kier molecular flexibility index (Phi) is 5.89. The van der Waals surface area contributed by atoms with Crippen LogP contribution in [0.1, 0.15) is 16.7 Å². The summed E-state index contributed by atoms with van der Waals surface area (Å²) in [7, 11) is -1.02. The lowest BCUT2D eigenvalue weighted by molar-refractivity contribution is 0.392. The maximum atomic E-state index is 13.1. The smallest absolute Gasteiger partial charge is 0.265 e. The molecular formula is C23H21ClN2O4S. The third-order valence-corrected chi connectivity index (χ3v) is 6.66. The van der Waals surface area contributed by atoms with E-state index in [9.17, 15) is 8.42 Å². The zero-order valence-electron chi connectivity index (χ0n) is 17.1. The van der Waals surface area contributed by atoms with Crippen molar-refractivity contribution in [2.75, 3.05) is 25.5 Å². The van der Waals surface area contributed by atoms with Crippen LogP contribution in [-0.4, -0.2) is 34.9 Å². The van der Waals surface area contributed by atoms with Crippen molar-refractivity contribution in [3.05, 3.63) is 82.4 Å². The molecule has 31 heavy (non-hydrogen) atoms. The first-order chi connectivity index (χ1) is 14.9. The number of anilines is 1. The maximum Gasteiger partial charge on any atom is 0.265 e. The second kappa shape index (κ2) is 8.61. The summed E-state index contributed by atoms with van der Waals surface area (Å²) >= 11 is 6.20. The molecule has 0 amide bonds.